The van der Waals surface area contributed by atoms with Gasteiger partial charge in [0.15, 0.2) is 0 Å². The van der Waals surface area contributed by atoms with Crippen LogP contribution in [0.2, 0.25) is 36.3 Å². The van der Waals surface area contributed by atoms with Crippen LogP contribution < -0.4 is 0 Å². The lowest BCUT2D eigenvalue weighted by Crippen LogP contribution is -2.37. The third-order valence-electron chi connectivity index (χ3n) is 7.36. The molecule has 0 saturated carbocycles. The Morgan fingerprint density at radius 1 is 0.595 bits per heavy atom. The molecule has 2 aromatic carbocycles. The molecule has 0 fully saturated rings. The van der Waals surface area contributed by atoms with Gasteiger partial charge >= 0.3 is 0 Å². The Bertz CT molecular complexity index is 1090. The van der Waals surface area contributed by atoms with Crippen LogP contribution in [0.3, 0.4) is 0 Å². The maximum Gasteiger partial charge on any atom is 0.204 e. The van der Waals surface area contributed by atoms with Crippen molar-refractivity contribution >= 4 is 16.6 Å². The molecule has 2 nitrogen and oxygen atoms in total. The number of hydrogen-bond acceptors (Lipinski definition) is 2. The molecule has 0 spiro atoms. The van der Waals surface area contributed by atoms with Crippen molar-refractivity contribution in [3.63, 3.8) is 0 Å². The molecule has 0 aromatic heterocycles. The molecule has 37 heavy (non-hydrogen) atoms. The Balaban J connectivity index is 2.01. The van der Waals surface area contributed by atoms with Crippen LogP contribution in [0.5, 0.6) is 0 Å². The molecule has 194 valence electrons. The summed E-state index contributed by atoms with van der Waals surface area (Å²) in [5.41, 5.74) is 7.85. The van der Waals surface area contributed by atoms with Crippen LogP contribution in [-0.4, -0.2) is 16.6 Å². The van der Waals surface area contributed by atoms with E-state index in [2.05, 4.69) is 75.9 Å². The molecule has 0 bridgehead atoms. The van der Waals surface area contributed by atoms with Crippen LogP contribution in [0.4, 0.5) is 0 Å². The molecule has 0 aliphatic heterocycles. The van der Waals surface area contributed by atoms with Crippen molar-refractivity contribution in [3.05, 3.63) is 135 Å². The molecule has 2 aromatic rings. The number of rotatable bonds is 18. The average molecular weight is 527 g/mol. The second-order valence-corrected chi connectivity index (χ2v) is 17.7. The van der Waals surface area contributed by atoms with Crippen LogP contribution in [0.1, 0.15) is 22.3 Å². The zero-order valence-corrected chi connectivity index (χ0v) is 24.4. The van der Waals surface area contributed by atoms with Crippen molar-refractivity contribution in [3.8, 4) is 11.1 Å². The minimum atomic E-state index is -2.14. The average Bonchev–Trinajstić information content (AvgIpc) is 3.26. The molecule has 1 aliphatic rings. The molecular weight excluding hydrogens is 485 g/mol. The second-order valence-electron chi connectivity index (χ2n) is 9.96. The lowest BCUT2D eigenvalue weighted by atomic mass is 9.97. The highest BCUT2D eigenvalue weighted by Gasteiger charge is 2.34. The highest BCUT2D eigenvalue weighted by atomic mass is 28.4. The first-order chi connectivity index (χ1) is 18.0. The fraction of sp³-hybridized carbons (Fsp3) is 0.273. The van der Waals surface area contributed by atoms with Gasteiger partial charge in [0.2, 0.25) is 16.6 Å². The Labute approximate surface area is 226 Å². The number of fused-ring (bicyclic) bond motifs is 3. The Morgan fingerprint density at radius 2 is 1.08 bits per heavy atom. The van der Waals surface area contributed by atoms with Gasteiger partial charge < -0.3 is 8.85 Å². The Hall–Kier alpha value is -2.77. The molecule has 1 aliphatic carbocycles. The molecule has 4 heteroatoms. The molecule has 0 amide bonds. The molecule has 0 N–H and O–H groups in total. The van der Waals surface area contributed by atoms with Gasteiger partial charge in [-0.2, -0.15) is 0 Å². The maximum absolute atomic E-state index is 6.91. The van der Waals surface area contributed by atoms with Gasteiger partial charge in [0.1, 0.15) is 0 Å². The zero-order valence-electron chi connectivity index (χ0n) is 22.4. The van der Waals surface area contributed by atoms with Crippen molar-refractivity contribution in [2.24, 2.45) is 0 Å². The smallest absolute Gasteiger partial charge is 0.204 e. The van der Waals surface area contributed by atoms with Gasteiger partial charge in [0.25, 0.3) is 0 Å². The van der Waals surface area contributed by atoms with Crippen molar-refractivity contribution in [1.82, 2.24) is 0 Å². The number of hydrogen-bond donors (Lipinski definition) is 0. The first-order valence-electron chi connectivity index (χ1n) is 13.2. The van der Waals surface area contributed by atoms with E-state index in [1.807, 2.05) is 36.5 Å². The first-order valence-corrected chi connectivity index (χ1v) is 18.2. The summed E-state index contributed by atoms with van der Waals surface area (Å²) in [5, 5.41) is 0. The van der Waals surface area contributed by atoms with Gasteiger partial charge in [0, 0.05) is 0 Å². The summed E-state index contributed by atoms with van der Waals surface area (Å²) < 4.78 is 13.7. The van der Waals surface area contributed by atoms with Crippen molar-refractivity contribution < 1.29 is 8.85 Å². The van der Waals surface area contributed by atoms with Crippen LogP contribution >= 0.6 is 0 Å². The minimum Gasteiger partial charge on any atom is -0.412 e. The monoisotopic (exact) mass is 526 g/mol. The predicted molar refractivity (Wildman–Crippen MR) is 166 cm³/mol. The highest BCUT2D eigenvalue weighted by Crippen LogP contribution is 2.41. The first kappa shape index (κ1) is 28.8. The van der Waals surface area contributed by atoms with Gasteiger partial charge in [0.05, 0.1) is 13.2 Å². The normalized spacial score (nSPS) is 12.3. The van der Waals surface area contributed by atoms with Crippen LogP contribution in [-0.2, 0) is 28.5 Å². The zero-order chi connectivity index (χ0) is 26.7. The summed E-state index contributed by atoms with van der Waals surface area (Å²) in [6, 6.07) is 18.5. The number of allylic oxidation sites excluding steroid dienone is 6. The van der Waals surface area contributed by atoms with Crippen molar-refractivity contribution in [2.75, 3.05) is 0 Å². The standard InChI is InChI=1S/C33H42O2Si2/c1-7-19-36(20-8-2,21-9-3)34-26-29-17-18-31-30-16-14-13-15-28(30)25-32(31)33(29)27-35-37(22-10-4,23-11-5)24-12-6/h7-18H,1-6,19-27H2. The Morgan fingerprint density at radius 3 is 1.59 bits per heavy atom. The van der Waals surface area contributed by atoms with E-state index in [-0.39, 0.29) is 0 Å². The van der Waals surface area contributed by atoms with E-state index in [0.717, 1.165) is 42.7 Å². The summed E-state index contributed by atoms with van der Waals surface area (Å²) in [7, 11) is -4.25. The van der Waals surface area contributed by atoms with Gasteiger partial charge in [-0.3, -0.25) is 0 Å². The highest BCUT2D eigenvalue weighted by molar-refractivity contribution is 6.75. The quantitative estimate of drug-likeness (QED) is 0.121. The predicted octanol–water partition coefficient (Wildman–Crippen LogP) is 9.30. The summed E-state index contributed by atoms with van der Waals surface area (Å²) in [5.74, 6) is 0. The Kier molecular flexibility index (Phi) is 10.7. The summed E-state index contributed by atoms with van der Waals surface area (Å²) in [6.07, 6.45) is 12.9. The van der Waals surface area contributed by atoms with E-state index < -0.39 is 16.6 Å². The largest absolute Gasteiger partial charge is 0.412 e. The summed E-state index contributed by atoms with van der Waals surface area (Å²) in [4.78, 5) is 0. The fourth-order valence-electron chi connectivity index (χ4n) is 5.53. The van der Waals surface area contributed by atoms with Gasteiger partial charge in [-0.1, -0.05) is 72.9 Å². The lowest BCUT2D eigenvalue weighted by Gasteiger charge is -2.31. The van der Waals surface area contributed by atoms with Gasteiger partial charge in [-0.05, 0) is 76.1 Å². The lowest BCUT2D eigenvalue weighted by molar-refractivity contribution is 0.270. The number of benzene rings is 2. The molecular formula is C33H42O2Si2. The molecule has 0 radical (unpaired) electrons. The van der Waals surface area contributed by atoms with E-state index in [0.29, 0.717) is 13.2 Å². The molecule has 0 atom stereocenters. The van der Waals surface area contributed by atoms with E-state index in [4.69, 9.17) is 8.85 Å². The van der Waals surface area contributed by atoms with E-state index in [1.165, 1.54) is 33.4 Å². The fourth-order valence-corrected chi connectivity index (χ4v) is 11.3. The third kappa shape index (κ3) is 6.76. The van der Waals surface area contributed by atoms with Crippen molar-refractivity contribution in [1.29, 1.82) is 0 Å². The SMILES string of the molecule is C=CC[Si](CC=C)(CC=C)OCc1ccc2c(c1CO[Si](CC=C)(CC=C)CC=C)Cc1ccccc1-2. The van der Waals surface area contributed by atoms with Crippen LogP contribution in [0.15, 0.2) is 112 Å². The van der Waals surface area contributed by atoms with E-state index in [1.54, 1.807) is 0 Å². The van der Waals surface area contributed by atoms with Gasteiger partial charge in [-0.15, -0.1) is 39.5 Å². The topological polar surface area (TPSA) is 18.5 Å². The maximum atomic E-state index is 6.91. The second kappa shape index (κ2) is 13.7. The van der Waals surface area contributed by atoms with E-state index >= 15 is 0 Å². The molecule has 3 rings (SSSR count). The van der Waals surface area contributed by atoms with Crippen LogP contribution in [0, 0.1) is 0 Å². The molecule has 0 saturated heterocycles. The molecule has 0 unspecified atom stereocenters. The van der Waals surface area contributed by atoms with E-state index in [9.17, 15) is 0 Å². The van der Waals surface area contributed by atoms with Gasteiger partial charge in [-0.25, -0.2) is 0 Å². The van der Waals surface area contributed by atoms with Crippen LogP contribution in [0.25, 0.3) is 11.1 Å². The summed E-state index contributed by atoms with van der Waals surface area (Å²) >= 11 is 0. The third-order valence-corrected chi connectivity index (χ3v) is 15.1. The van der Waals surface area contributed by atoms with Crippen molar-refractivity contribution in [2.45, 2.75) is 55.9 Å². The molecule has 0 heterocycles. The summed E-state index contributed by atoms with van der Waals surface area (Å²) in [6.45, 7) is 25.2. The minimum absolute atomic E-state index is 0.559.